The third-order valence-electron chi connectivity index (χ3n) is 2.93. The average molecular weight is 223 g/mol. The van der Waals surface area contributed by atoms with Crippen molar-refractivity contribution in [3.63, 3.8) is 0 Å². The van der Waals surface area contributed by atoms with E-state index in [4.69, 9.17) is 10.3 Å². The fourth-order valence-electron chi connectivity index (χ4n) is 2.06. The molecule has 1 amide bonds. The van der Waals surface area contributed by atoms with E-state index >= 15 is 0 Å². The van der Waals surface area contributed by atoms with Crippen LogP contribution in [-0.2, 0) is 6.54 Å². The molecule has 0 aliphatic carbocycles. The van der Waals surface area contributed by atoms with Crippen LogP contribution in [0, 0.1) is 5.92 Å². The van der Waals surface area contributed by atoms with Gasteiger partial charge in [-0.25, -0.2) is 5.84 Å². The molecule has 1 aromatic heterocycles. The van der Waals surface area contributed by atoms with Gasteiger partial charge in [0.25, 0.3) is 5.91 Å². The molecule has 1 aliphatic heterocycles. The highest BCUT2D eigenvalue weighted by Crippen LogP contribution is 2.18. The molecule has 2 heterocycles. The van der Waals surface area contributed by atoms with Crippen LogP contribution in [0.5, 0.6) is 0 Å². The van der Waals surface area contributed by atoms with Gasteiger partial charge in [-0.3, -0.25) is 15.1 Å². The molecule has 5 nitrogen and oxygen atoms in total. The normalized spacial score (nSPS) is 21.2. The number of hydrogen-bond donors (Lipinski definition) is 2. The summed E-state index contributed by atoms with van der Waals surface area (Å²) in [4.78, 5) is 13.5. The van der Waals surface area contributed by atoms with Crippen LogP contribution in [0.4, 0.5) is 0 Å². The number of nitrogens with two attached hydrogens (primary N) is 1. The maximum Gasteiger partial charge on any atom is 0.268 e. The number of nitrogen functional groups attached to an aromatic ring is 1. The number of nitrogens with one attached hydrogen (secondary N) is 1. The quantitative estimate of drug-likeness (QED) is 0.450. The van der Waals surface area contributed by atoms with Gasteiger partial charge in [0.2, 0.25) is 0 Å². The number of furan rings is 1. The van der Waals surface area contributed by atoms with Crippen molar-refractivity contribution < 1.29 is 9.21 Å². The van der Waals surface area contributed by atoms with E-state index in [1.165, 1.54) is 12.7 Å². The Balaban J connectivity index is 1.95. The Morgan fingerprint density at radius 2 is 2.56 bits per heavy atom. The molecule has 1 fully saturated rings. The molecule has 2 rings (SSSR count). The average Bonchev–Trinajstić information content (AvgIpc) is 2.87. The van der Waals surface area contributed by atoms with Gasteiger partial charge < -0.3 is 4.42 Å². The zero-order valence-electron chi connectivity index (χ0n) is 9.40. The summed E-state index contributed by atoms with van der Waals surface area (Å²) in [5.41, 5.74) is 2.56. The van der Waals surface area contributed by atoms with Gasteiger partial charge in [0, 0.05) is 6.54 Å². The van der Waals surface area contributed by atoms with Gasteiger partial charge in [0.1, 0.15) is 12.0 Å². The van der Waals surface area contributed by atoms with Crippen LogP contribution in [0.3, 0.4) is 0 Å². The molecule has 1 unspecified atom stereocenters. The van der Waals surface area contributed by atoms with Crippen LogP contribution in [0.1, 0.15) is 29.5 Å². The van der Waals surface area contributed by atoms with Gasteiger partial charge in [0.05, 0.1) is 12.1 Å². The Morgan fingerprint density at radius 3 is 3.19 bits per heavy atom. The van der Waals surface area contributed by atoms with Crippen molar-refractivity contribution in [3.8, 4) is 0 Å². The molecule has 0 aromatic carbocycles. The SMILES string of the molecule is CC1CCN(Cc2cc(C(=O)NN)co2)C1. The van der Waals surface area contributed by atoms with Gasteiger partial charge in [0.15, 0.2) is 0 Å². The molecule has 1 atom stereocenters. The first-order valence-electron chi connectivity index (χ1n) is 5.49. The minimum absolute atomic E-state index is 0.315. The van der Waals surface area contributed by atoms with E-state index in [0.29, 0.717) is 5.56 Å². The van der Waals surface area contributed by atoms with Crippen LogP contribution in [0.25, 0.3) is 0 Å². The van der Waals surface area contributed by atoms with Crippen LogP contribution in [-0.4, -0.2) is 23.9 Å². The Morgan fingerprint density at radius 1 is 1.75 bits per heavy atom. The highest BCUT2D eigenvalue weighted by Gasteiger charge is 2.20. The van der Waals surface area contributed by atoms with Gasteiger partial charge in [-0.1, -0.05) is 6.92 Å². The van der Waals surface area contributed by atoms with Crippen molar-refractivity contribution in [2.45, 2.75) is 19.9 Å². The van der Waals surface area contributed by atoms with E-state index in [1.54, 1.807) is 6.07 Å². The molecule has 0 radical (unpaired) electrons. The smallest absolute Gasteiger partial charge is 0.268 e. The van der Waals surface area contributed by atoms with Crippen molar-refractivity contribution in [1.29, 1.82) is 0 Å². The highest BCUT2D eigenvalue weighted by molar-refractivity contribution is 5.93. The zero-order chi connectivity index (χ0) is 11.5. The van der Waals surface area contributed by atoms with Gasteiger partial charge >= 0.3 is 0 Å². The van der Waals surface area contributed by atoms with E-state index in [2.05, 4.69) is 17.2 Å². The van der Waals surface area contributed by atoms with E-state index in [9.17, 15) is 4.79 Å². The fourth-order valence-corrected chi connectivity index (χ4v) is 2.06. The lowest BCUT2D eigenvalue weighted by Crippen LogP contribution is -2.29. The third kappa shape index (κ3) is 2.43. The van der Waals surface area contributed by atoms with Crippen molar-refractivity contribution >= 4 is 5.91 Å². The van der Waals surface area contributed by atoms with E-state index in [0.717, 1.165) is 31.3 Å². The molecule has 5 heteroatoms. The second-order valence-electron chi connectivity index (χ2n) is 4.40. The van der Waals surface area contributed by atoms with E-state index in [1.807, 2.05) is 0 Å². The summed E-state index contributed by atoms with van der Waals surface area (Å²) < 4.78 is 5.33. The highest BCUT2D eigenvalue weighted by atomic mass is 16.3. The summed E-state index contributed by atoms with van der Waals surface area (Å²) in [7, 11) is 0. The molecule has 1 aromatic rings. The lowest BCUT2D eigenvalue weighted by Gasteiger charge is -2.12. The fraction of sp³-hybridized carbons (Fsp3) is 0.545. The second kappa shape index (κ2) is 4.67. The van der Waals surface area contributed by atoms with Gasteiger partial charge in [-0.2, -0.15) is 0 Å². The Bertz CT molecular complexity index is 375. The van der Waals surface area contributed by atoms with E-state index in [-0.39, 0.29) is 5.91 Å². The summed E-state index contributed by atoms with van der Waals surface area (Å²) in [5, 5.41) is 0. The lowest BCUT2D eigenvalue weighted by atomic mass is 10.2. The summed E-state index contributed by atoms with van der Waals surface area (Å²) in [6, 6.07) is 1.74. The molecule has 88 valence electrons. The zero-order valence-corrected chi connectivity index (χ0v) is 9.40. The maximum atomic E-state index is 11.2. The lowest BCUT2D eigenvalue weighted by molar-refractivity contribution is 0.0953. The number of nitrogens with zero attached hydrogens (tertiary/aromatic N) is 1. The number of carbonyl (C=O) groups excluding carboxylic acids is 1. The monoisotopic (exact) mass is 223 g/mol. The second-order valence-corrected chi connectivity index (χ2v) is 4.40. The molecule has 3 N–H and O–H groups in total. The number of rotatable bonds is 3. The number of carbonyl (C=O) groups is 1. The van der Waals surface area contributed by atoms with Crippen molar-refractivity contribution in [2.24, 2.45) is 11.8 Å². The number of likely N-dealkylation sites (tertiary alicyclic amines) is 1. The summed E-state index contributed by atoms with van der Waals surface area (Å²) >= 11 is 0. The predicted molar refractivity (Wildman–Crippen MR) is 59.4 cm³/mol. The van der Waals surface area contributed by atoms with Gasteiger partial charge in [-0.05, 0) is 24.9 Å². The summed E-state index contributed by atoms with van der Waals surface area (Å²) in [6.45, 7) is 5.21. The van der Waals surface area contributed by atoms with Crippen LogP contribution >= 0.6 is 0 Å². The molecule has 1 aliphatic rings. The number of hydrazine groups is 1. The molecular formula is C11H17N3O2. The number of hydrogen-bond acceptors (Lipinski definition) is 4. The van der Waals surface area contributed by atoms with Crippen molar-refractivity contribution in [3.05, 3.63) is 23.7 Å². The standard InChI is InChI=1S/C11H17N3O2/c1-8-2-3-14(5-8)6-10-4-9(7-16-10)11(15)13-12/h4,7-8H,2-3,5-6,12H2,1H3,(H,13,15). The van der Waals surface area contributed by atoms with Crippen molar-refractivity contribution in [1.82, 2.24) is 10.3 Å². The predicted octanol–water partition coefficient (Wildman–Crippen LogP) is 0.725. The molecule has 0 saturated carbocycles. The molecular weight excluding hydrogens is 206 g/mol. The first-order chi connectivity index (χ1) is 7.69. The first kappa shape index (κ1) is 11.2. The minimum Gasteiger partial charge on any atom is -0.467 e. The molecule has 1 saturated heterocycles. The number of amides is 1. The van der Waals surface area contributed by atoms with Crippen LogP contribution in [0.2, 0.25) is 0 Å². The van der Waals surface area contributed by atoms with Crippen molar-refractivity contribution in [2.75, 3.05) is 13.1 Å². The first-order valence-corrected chi connectivity index (χ1v) is 5.49. The Hall–Kier alpha value is -1.33. The summed E-state index contributed by atoms with van der Waals surface area (Å²) in [5.74, 6) is 6.29. The maximum absolute atomic E-state index is 11.2. The van der Waals surface area contributed by atoms with Gasteiger partial charge in [-0.15, -0.1) is 0 Å². The van der Waals surface area contributed by atoms with Crippen LogP contribution < -0.4 is 11.3 Å². The largest absolute Gasteiger partial charge is 0.467 e. The topological polar surface area (TPSA) is 71.5 Å². The molecule has 0 bridgehead atoms. The minimum atomic E-state index is -0.315. The molecule has 0 spiro atoms. The Labute approximate surface area is 94.6 Å². The summed E-state index contributed by atoms with van der Waals surface area (Å²) in [6.07, 6.45) is 2.67. The Kier molecular flexibility index (Phi) is 3.26. The van der Waals surface area contributed by atoms with E-state index < -0.39 is 0 Å². The third-order valence-corrected chi connectivity index (χ3v) is 2.93. The van der Waals surface area contributed by atoms with Crippen LogP contribution in [0.15, 0.2) is 16.7 Å². The molecule has 16 heavy (non-hydrogen) atoms.